The van der Waals surface area contributed by atoms with Crippen molar-refractivity contribution < 1.29 is 5.11 Å². The van der Waals surface area contributed by atoms with Crippen LogP contribution in [0.2, 0.25) is 0 Å². The predicted molar refractivity (Wildman–Crippen MR) is 65.7 cm³/mol. The molecule has 3 atom stereocenters. The molecular formula is C10H20BrN3O. The second-order valence-corrected chi connectivity index (χ2v) is 4.89. The minimum absolute atomic E-state index is 0.228. The summed E-state index contributed by atoms with van der Waals surface area (Å²) in [5.41, 5.74) is 0. The van der Waals surface area contributed by atoms with E-state index in [1.54, 1.807) is 0 Å². The molecule has 0 bridgehead atoms. The Labute approximate surface area is 99.8 Å². The first kappa shape index (κ1) is 13.1. The SMILES string of the molecule is CCN(C)CNC1C=C(Br)[C@@H](O)NC1C. The molecule has 0 saturated heterocycles. The highest BCUT2D eigenvalue weighted by atomic mass is 79.9. The van der Waals surface area contributed by atoms with E-state index in [2.05, 4.69) is 52.4 Å². The Hall–Kier alpha value is 0.0600. The zero-order chi connectivity index (χ0) is 11.4. The van der Waals surface area contributed by atoms with Crippen LogP contribution in [0.15, 0.2) is 10.6 Å². The Morgan fingerprint density at radius 1 is 1.67 bits per heavy atom. The molecule has 88 valence electrons. The van der Waals surface area contributed by atoms with E-state index in [9.17, 15) is 5.11 Å². The molecule has 0 fully saturated rings. The van der Waals surface area contributed by atoms with Crippen molar-refractivity contribution in [1.82, 2.24) is 15.5 Å². The number of aliphatic hydroxyl groups excluding tert-OH is 1. The average Bonchev–Trinajstić information content (AvgIpc) is 2.21. The van der Waals surface area contributed by atoms with Gasteiger partial charge >= 0.3 is 0 Å². The lowest BCUT2D eigenvalue weighted by molar-refractivity contribution is 0.148. The van der Waals surface area contributed by atoms with Gasteiger partial charge in [0.25, 0.3) is 0 Å². The fourth-order valence-corrected chi connectivity index (χ4v) is 1.87. The van der Waals surface area contributed by atoms with Crippen molar-refractivity contribution in [2.45, 2.75) is 32.2 Å². The quantitative estimate of drug-likeness (QED) is 0.653. The maximum atomic E-state index is 9.52. The third-order valence-corrected chi connectivity index (χ3v) is 3.39. The van der Waals surface area contributed by atoms with Crippen LogP contribution in [0.25, 0.3) is 0 Å². The minimum atomic E-state index is -0.568. The summed E-state index contributed by atoms with van der Waals surface area (Å²) in [4.78, 5) is 2.19. The lowest BCUT2D eigenvalue weighted by Crippen LogP contribution is -2.54. The van der Waals surface area contributed by atoms with E-state index in [0.717, 1.165) is 17.7 Å². The zero-order valence-electron chi connectivity index (χ0n) is 9.50. The standard InChI is InChI=1S/C10H20BrN3O/c1-4-14(3)6-12-9-5-8(11)10(15)13-7(9)2/h5,7,9-10,12-13,15H,4,6H2,1-3H3/t7?,9?,10-/m1/s1. The summed E-state index contributed by atoms with van der Waals surface area (Å²) >= 11 is 3.34. The topological polar surface area (TPSA) is 47.5 Å². The summed E-state index contributed by atoms with van der Waals surface area (Å²) in [5, 5.41) is 16.0. The minimum Gasteiger partial charge on any atom is -0.374 e. The van der Waals surface area contributed by atoms with Crippen LogP contribution in [-0.2, 0) is 0 Å². The van der Waals surface area contributed by atoms with Crippen LogP contribution in [0.3, 0.4) is 0 Å². The Balaban J connectivity index is 2.47. The Bertz CT molecular complexity index is 235. The molecule has 0 aromatic rings. The van der Waals surface area contributed by atoms with Gasteiger partial charge in [-0.25, -0.2) is 0 Å². The number of nitrogens with zero attached hydrogens (tertiary/aromatic N) is 1. The van der Waals surface area contributed by atoms with Crippen LogP contribution in [-0.4, -0.2) is 48.6 Å². The predicted octanol–water partition coefficient (Wildman–Crippen LogP) is 0.443. The summed E-state index contributed by atoms with van der Waals surface area (Å²) < 4.78 is 0.803. The summed E-state index contributed by atoms with van der Waals surface area (Å²) in [7, 11) is 2.07. The van der Waals surface area contributed by atoms with Crippen molar-refractivity contribution in [3.8, 4) is 0 Å². The Morgan fingerprint density at radius 2 is 2.33 bits per heavy atom. The van der Waals surface area contributed by atoms with E-state index in [-0.39, 0.29) is 12.1 Å². The summed E-state index contributed by atoms with van der Waals surface area (Å²) in [6, 6.07) is 0.475. The van der Waals surface area contributed by atoms with E-state index >= 15 is 0 Å². The fourth-order valence-electron chi connectivity index (χ4n) is 1.45. The van der Waals surface area contributed by atoms with Gasteiger partial charge in [-0.05, 0) is 20.5 Å². The number of nitrogens with one attached hydrogen (secondary N) is 2. The smallest absolute Gasteiger partial charge is 0.137 e. The molecule has 0 saturated carbocycles. The van der Waals surface area contributed by atoms with Crippen LogP contribution >= 0.6 is 15.9 Å². The summed E-state index contributed by atoms with van der Waals surface area (Å²) in [5.74, 6) is 0. The van der Waals surface area contributed by atoms with Crippen LogP contribution in [0.5, 0.6) is 0 Å². The second-order valence-electron chi connectivity index (χ2n) is 3.97. The van der Waals surface area contributed by atoms with Crippen molar-refractivity contribution >= 4 is 15.9 Å². The molecule has 2 unspecified atom stereocenters. The van der Waals surface area contributed by atoms with Crippen molar-refractivity contribution in [2.75, 3.05) is 20.3 Å². The largest absolute Gasteiger partial charge is 0.374 e. The van der Waals surface area contributed by atoms with Crippen molar-refractivity contribution in [3.63, 3.8) is 0 Å². The monoisotopic (exact) mass is 277 g/mol. The lowest BCUT2D eigenvalue weighted by Gasteiger charge is -2.32. The Kier molecular flexibility index (Phi) is 5.22. The van der Waals surface area contributed by atoms with Gasteiger partial charge in [0.15, 0.2) is 0 Å². The molecule has 1 aliphatic heterocycles. The first-order valence-electron chi connectivity index (χ1n) is 5.27. The van der Waals surface area contributed by atoms with Crippen LogP contribution in [0.4, 0.5) is 0 Å². The second kappa shape index (κ2) is 5.96. The van der Waals surface area contributed by atoms with Gasteiger partial charge < -0.3 is 5.11 Å². The number of halogens is 1. The molecule has 0 aromatic carbocycles. The molecule has 0 aromatic heterocycles. The Morgan fingerprint density at radius 3 is 2.93 bits per heavy atom. The van der Waals surface area contributed by atoms with Gasteiger partial charge in [0.2, 0.25) is 0 Å². The highest BCUT2D eigenvalue weighted by Gasteiger charge is 2.24. The first-order chi connectivity index (χ1) is 7.04. The summed E-state index contributed by atoms with van der Waals surface area (Å²) in [6.45, 7) is 6.05. The number of hydrogen-bond donors (Lipinski definition) is 3. The third kappa shape index (κ3) is 3.85. The molecule has 15 heavy (non-hydrogen) atoms. The highest BCUT2D eigenvalue weighted by Crippen LogP contribution is 2.17. The van der Waals surface area contributed by atoms with Gasteiger partial charge in [0.05, 0.1) is 0 Å². The zero-order valence-corrected chi connectivity index (χ0v) is 11.1. The molecule has 0 radical (unpaired) electrons. The fraction of sp³-hybridized carbons (Fsp3) is 0.800. The third-order valence-electron chi connectivity index (χ3n) is 2.70. The van der Waals surface area contributed by atoms with E-state index in [0.29, 0.717) is 0 Å². The number of rotatable bonds is 4. The van der Waals surface area contributed by atoms with Crippen LogP contribution in [0.1, 0.15) is 13.8 Å². The van der Waals surface area contributed by atoms with E-state index in [1.165, 1.54) is 0 Å². The summed E-state index contributed by atoms with van der Waals surface area (Å²) in [6.07, 6.45) is 1.46. The molecule has 0 amide bonds. The molecular weight excluding hydrogens is 258 g/mol. The van der Waals surface area contributed by atoms with Gasteiger partial charge in [-0.1, -0.05) is 28.9 Å². The normalized spacial score (nSPS) is 31.9. The van der Waals surface area contributed by atoms with Gasteiger partial charge in [0, 0.05) is 23.2 Å². The van der Waals surface area contributed by atoms with E-state index < -0.39 is 6.23 Å². The first-order valence-corrected chi connectivity index (χ1v) is 6.07. The van der Waals surface area contributed by atoms with E-state index in [1.807, 2.05) is 6.08 Å². The average molecular weight is 278 g/mol. The molecule has 3 N–H and O–H groups in total. The van der Waals surface area contributed by atoms with Crippen molar-refractivity contribution in [3.05, 3.63) is 10.6 Å². The molecule has 1 aliphatic rings. The van der Waals surface area contributed by atoms with Gasteiger partial charge in [-0.15, -0.1) is 0 Å². The molecule has 0 spiro atoms. The van der Waals surface area contributed by atoms with Crippen LogP contribution < -0.4 is 10.6 Å². The molecule has 0 aliphatic carbocycles. The van der Waals surface area contributed by atoms with Crippen molar-refractivity contribution in [1.29, 1.82) is 0 Å². The maximum absolute atomic E-state index is 9.52. The molecule has 1 rings (SSSR count). The number of hydrogen-bond acceptors (Lipinski definition) is 4. The molecule has 5 heteroatoms. The van der Waals surface area contributed by atoms with Crippen molar-refractivity contribution in [2.24, 2.45) is 0 Å². The van der Waals surface area contributed by atoms with Gasteiger partial charge in [-0.2, -0.15) is 0 Å². The van der Waals surface area contributed by atoms with Crippen LogP contribution in [0, 0.1) is 0 Å². The number of aliphatic hydroxyl groups is 1. The molecule has 1 heterocycles. The molecule has 4 nitrogen and oxygen atoms in total. The maximum Gasteiger partial charge on any atom is 0.137 e. The van der Waals surface area contributed by atoms with E-state index in [4.69, 9.17) is 0 Å². The van der Waals surface area contributed by atoms with Gasteiger partial charge in [-0.3, -0.25) is 15.5 Å². The van der Waals surface area contributed by atoms with Gasteiger partial charge in [0.1, 0.15) is 6.23 Å². The highest BCUT2D eigenvalue weighted by molar-refractivity contribution is 9.11. The lowest BCUT2D eigenvalue weighted by atomic mass is 10.1.